The van der Waals surface area contributed by atoms with Crippen molar-refractivity contribution in [3.05, 3.63) is 12.2 Å². The van der Waals surface area contributed by atoms with Crippen molar-refractivity contribution in [2.75, 3.05) is 54.2 Å². The highest BCUT2D eigenvalue weighted by atomic mass is 31.2. The van der Waals surface area contributed by atoms with E-state index in [1.54, 1.807) is 0 Å². The summed E-state index contributed by atoms with van der Waals surface area (Å²) in [5, 5.41) is 8.60. The monoisotopic (exact) mass is 662 g/mol. The topological polar surface area (TPSA) is 142 Å². The van der Waals surface area contributed by atoms with Gasteiger partial charge in [0.1, 0.15) is 19.8 Å². The van der Waals surface area contributed by atoms with Crippen LogP contribution in [-0.2, 0) is 42.3 Å². The number of hydrogen-bond donors (Lipinski definition) is 1. The van der Waals surface area contributed by atoms with Crippen LogP contribution in [0.3, 0.4) is 0 Å². The summed E-state index contributed by atoms with van der Waals surface area (Å²) in [5.74, 6) is -2.72. The van der Waals surface area contributed by atoms with Crippen LogP contribution in [0.4, 0.5) is 0 Å². The fourth-order valence-electron chi connectivity index (χ4n) is 4.30. The third-order valence-electron chi connectivity index (χ3n) is 7.01. The van der Waals surface area contributed by atoms with Gasteiger partial charge >= 0.3 is 25.5 Å². The quantitative estimate of drug-likeness (QED) is 0.0285. The number of carboxylic acids is 1. The number of likely N-dealkylation sites (N-methyl/N-ethyl adjacent to an activating group) is 1. The molecular formula is C33H61NO10P+. The van der Waals surface area contributed by atoms with E-state index in [1.807, 2.05) is 21.1 Å². The van der Waals surface area contributed by atoms with E-state index >= 15 is 0 Å². The van der Waals surface area contributed by atoms with Crippen LogP contribution in [0.1, 0.15) is 116 Å². The van der Waals surface area contributed by atoms with Crippen LogP contribution in [0, 0.1) is 0 Å². The van der Waals surface area contributed by atoms with Gasteiger partial charge in [-0.3, -0.25) is 18.9 Å². The summed E-state index contributed by atoms with van der Waals surface area (Å²) in [6, 6.07) is 0. The Bertz CT molecular complexity index is 916. The molecule has 0 saturated carbocycles. The number of ether oxygens (including phenoxy) is 2. The van der Waals surface area contributed by atoms with Gasteiger partial charge in [-0.15, -0.1) is 0 Å². The SMILES string of the molecule is CCCCCCCCCCCCCCCC(=O)OCC(COP(C)(=O)OCC[N+](C)(C)C)OC(=O)CCCC(=O)/C=C/C(=O)O. The Morgan fingerprint density at radius 2 is 1.24 bits per heavy atom. The molecule has 0 saturated heterocycles. The first kappa shape index (κ1) is 42.9. The summed E-state index contributed by atoms with van der Waals surface area (Å²) in [4.78, 5) is 47.0. The summed E-state index contributed by atoms with van der Waals surface area (Å²) in [6.45, 7) is 3.83. The predicted octanol–water partition coefficient (Wildman–Crippen LogP) is 6.87. The van der Waals surface area contributed by atoms with Crippen LogP contribution in [0.2, 0.25) is 0 Å². The molecule has 0 radical (unpaired) electrons. The first-order valence-corrected chi connectivity index (χ1v) is 18.7. The molecule has 0 aromatic rings. The zero-order chi connectivity index (χ0) is 34.0. The number of aliphatic carboxylic acids is 1. The molecule has 0 aliphatic rings. The number of nitrogens with zero attached hydrogens (tertiary/aromatic N) is 1. The zero-order valence-electron chi connectivity index (χ0n) is 28.6. The van der Waals surface area contributed by atoms with Gasteiger partial charge < -0.3 is 28.1 Å². The molecule has 0 bridgehead atoms. The zero-order valence-corrected chi connectivity index (χ0v) is 29.5. The summed E-state index contributed by atoms with van der Waals surface area (Å²) in [6.07, 6.45) is 16.6. The van der Waals surface area contributed by atoms with Crippen molar-refractivity contribution in [1.29, 1.82) is 0 Å². The molecule has 0 aromatic carbocycles. The second-order valence-electron chi connectivity index (χ2n) is 12.7. The average molecular weight is 663 g/mol. The number of allylic oxidation sites excluding steroid dienone is 1. The van der Waals surface area contributed by atoms with Crippen LogP contribution < -0.4 is 0 Å². The Morgan fingerprint density at radius 3 is 1.78 bits per heavy atom. The van der Waals surface area contributed by atoms with Crippen molar-refractivity contribution in [1.82, 2.24) is 0 Å². The van der Waals surface area contributed by atoms with Gasteiger partial charge in [-0.1, -0.05) is 84.0 Å². The largest absolute Gasteiger partial charge is 0.478 e. The highest BCUT2D eigenvalue weighted by molar-refractivity contribution is 7.52. The lowest BCUT2D eigenvalue weighted by Gasteiger charge is -2.25. The number of hydrogen-bond acceptors (Lipinski definition) is 9. The molecule has 2 atom stereocenters. The highest BCUT2D eigenvalue weighted by Gasteiger charge is 2.24. The maximum atomic E-state index is 12.7. The molecule has 262 valence electrons. The van der Waals surface area contributed by atoms with Gasteiger partial charge in [0, 0.05) is 32.0 Å². The number of carbonyl (C=O) groups excluding carboxylic acids is 3. The van der Waals surface area contributed by atoms with Crippen molar-refractivity contribution in [3.63, 3.8) is 0 Å². The predicted molar refractivity (Wildman–Crippen MR) is 175 cm³/mol. The molecule has 0 amide bonds. The number of quaternary nitrogens is 1. The van der Waals surface area contributed by atoms with E-state index in [2.05, 4.69) is 6.92 Å². The van der Waals surface area contributed by atoms with Gasteiger partial charge in [0.25, 0.3) is 0 Å². The second-order valence-corrected chi connectivity index (χ2v) is 14.8. The number of carboxylic acid groups (broad SMARTS) is 1. The molecule has 0 fully saturated rings. The lowest BCUT2D eigenvalue weighted by atomic mass is 10.0. The van der Waals surface area contributed by atoms with Crippen molar-refractivity contribution in [2.45, 2.75) is 122 Å². The summed E-state index contributed by atoms with van der Waals surface area (Å²) < 4.78 is 35.0. The number of unbranched alkanes of at least 4 members (excludes halogenated alkanes) is 12. The highest BCUT2D eigenvalue weighted by Crippen LogP contribution is 2.43. The van der Waals surface area contributed by atoms with Gasteiger partial charge in [0.05, 0.1) is 27.7 Å². The van der Waals surface area contributed by atoms with Gasteiger partial charge in [-0.05, 0) is 18.9 Å². The third kappa shape index (κ3) is 30.4. The number of ketones is 1. The molecule has 0 heterocycles. The average Bonchev–Trinajstić information content (AvgIpc) is 2.95. The van der Waals surface area contributed by atoms with E-state index in [1.165, 1.54) is 64.5 Å². The Morgan fingerprint density at radius 1 is 0.711 bits per heavy atom. The molecule has 0 spiro atoms. The van der Waals surface area contributed by atoms with E-state index in [-0.39, 0.29) is 45.5 Å². The molecule has 0 aliphatic carbocycles. The smallest absolute Gasteiger partial charge is 0.328 e. The van der Waals surface area contributed by atoms with Crippen LogP contribution in [0.15, 0.2) is 12.2 Å². The minimum atomic E-state index is -3.46. The fourth-order valence-corrected chi connectivity index (χ4v) is 5.22. The van der Waals surface area contributed by atoms with E-state index in [0.29, 0.717) is 17.4 Å². The van der Waals surface area contributed by atoms with Gasteiger partial charge in [-0.2, -0.15) is 0 Å². The van der Waals surface area contributed by atoms with Gasteiger partial charge in [0.2, 0.25) is 0 Å². The maximum Gasteiger partial charge on any atom is 0.328 e. The first-order chi connectivity index (χ1) is 21.2. The van der Waals surface area contributed by atoms with Crippen molar-refractivity contribution in [2.24, 2.45) is 0 Å². The standard InChI is InChI=1S/C33H60NO10P/c1-6-7-8-9-10-11-12-13-14-15-16-17-18-21-32(38)41-27-30(28-43-45(5,40)42-26-25-34(2,3)4)44-33(39)22-19-20-29(35)23-24-31(36)37/h23-24,30H,6-22,25-28H2,1-5H3/p+1/b24-23+. The normalized spacial score (nSPS) is 13.8. The van der Waals surface area contributed by atoms with Crippen LogP contribution in [0.5, 0.6) is 0 Å². The second kappa shape index (κ2) is 26.0. The number of rotatable bonds is 30. The van der Waals surface area contributed by atoms with Crippen molar-refractivity contribution < 1.29 is 51.9 Å². The third-order valence-corrected chi connectivity index (χ3v) is 8.28. The van der Waals surface area contributed by atoms with E-state index in [4.69, 9.17) is 23.6 Å². The van der Waals surface area contributed by atoms with Crippen LogP contribution >= 0.6 is 7.60 Å². The lowest BCUT2D eigenvalue weighted by Crippen LogP contribution is -2.37. The molecule has 12 heteroatoms. The molecule has 0 aromatic heterocycles. The molecule has 0 rings (SSSR count). The number of carbonyl (C=O) groups is 4. The molecule has 1 N–H and O–H groups in total. The molecule has 2 unspecified atom stereocenters. The Labute approximate surface area is 271 Å². The molecule has 45 heavy (non-hydrogen) atoms. The van der Waals surface area contributed by atoms with Gasteiger partial charge in [-0.25, -0.2) is 4.79 Å². The Balaban J connectivity index is 4.53. The minimum Gasteiger partial charge on any atom is -0.478 e. The summed E-state index contributed by atoms with van der Waals surface area (Å²) in [7, 11) is 2.47. The van der Waals surface area contributed by atoms with Gasteiger partial charge in [0.15, 0.2) is 11.9 Å². The number of esters is 2. The minimum absolute atomic E-state index is 0.0293. The van der Waals surface area contributed by atoms with E-state index in [0.717, 1.165) is 31.4 Å². The molecule has 11 nitrogen and oxygen atoms in total. The Hall–Kier alpha value is -2.07. The molecular weight excluding hydrogens is 601 g/mol. The first-order valence-electron chi connectivity index (χ1n) is 16.7. The maximum absolute atomic E-state index is 12.7. The molecule has 0 aliphatic heterocycles. The van der Waals surface area contributed by atoms with Crippen molar-refractivity contribution in [3.8, 4) is 0 Å². The fraction of sp³-hybridized carbons (Fsp3) is 0.818. The Kier molecular flexibility index (Phi) is 24.8. The summed E-state index contributed by atoms with van der Waals surface area (Å²) in [5.41, 5.74) is 0. The van der Waals surface area contributed by atoms with E-state index < -0.39 is 37.4 Å². The van der Waals surface area contributed by atoms with Crippen molar-refractivity contribution >= 4 is 31.3 Å². The van der Waals surface area contributed by atoms with Crippen LogP contribution in [-0.4, -0.2) is 93.6 Å². The van der Waals surface area contributed by atoms with E-state index in [9.17, 15) is 23.7 Å². The summed E-state index contributed by atoms with van der Waals surface area (Å²) >= 11 is 0. The lowest BCUT2D eigenvalue weighted by molar-refractivity contribution is -0.870. The van der Waals surface area contributed by atoms with Crippen LogP contribution in [0.25, 0.3) is 0 Å².